The van der Waals surface area contributed by atoms with Crippen LogP contribution in [-0.2, 0) is 11.2 Å². The van der Waals surface area contributed by atoms with Gasteiger partial charge >= 0.3 is 0 Å². The molecule has 1 aromatic heterocycles. The molecule has 2 saturated heterocycles. The number of hydrogen-bond acceptors (Lipinski definition) is 7. The molecule has 2 aromatic rings. The summed E-state index contributed by atoms with van der Waals surface area (Å²) in [6.07, 6.45) is 6.81. The van der Waals surface area contributed by atoms with E-state index in [9.17, 15) is 0 Å². The molecule has 162 valence electrons. The molecule has 1 N–H and O–H groups in total. The second-order valence-electron chi connectivity index (χ2n) is 7.75. The monoisotopic (exact) mass is 475 g/mol. The SMILES string of the molecule is CCc1cc(Nc2ncc(Br)cn2)c(OC)cc1N1CCC(N2CCOCC2)CC1. The number of nitrogens with one attached hydrogen (secondary N) is 1. The lowest BCUT2D eigenvalue weighted by Gasteiger charge is -2.41. The Morgan fingerprint density at radius 2 is 1.83 bits per heavy atom. The number of aromatic nitrogens is 2. The fourth-order valence-electron chi connectivity index (χ4n) is 4.37. The molecule has 4 rings (SSSR count). The van der Waals surface area contributed by atoms with Gasteiger partial charge in [0.25, 0.3) is 0 Å². The minimum atomic E-state index is 0.553. The minimum absolute atomic E-state index is 0.553. The van der Waals surface area contributed by atoms with Crippen molar-refractivity contribution in [3.63, 3.8) is 0 Å². The van der Waals surface area contributed by atoms with Gasteiger partial charge in [0.2, 0.25) is 5.95 Å². The molecule has 1 aromatic carbocycles. The molecule has 0 aliphatic carbocycles. The first-order chi connectivity index (χ1) is 14.7. The zero-order valence-electron chi connectivity index (χ0n) is 17.7. The predicted octanol–water partition coefficient (Wildman–Crippen LogP) is 3.85. The smallest absolute Gasteiger partial charge is 0.227 e. The topological polar surface area (TPSA) is 62.8 Å². The maximum atomic E-state index is 5.71. The Bertz CT molecular complexity index is 834. The van der Waals surface area contributed by atoms with Crippen LogP contribution >= 0.6 is 15.9 Å². The predicted molar refractivity (Wildman–Crippen MR) is 123 cm³/mol. The number of benzene rings is 1. The van der Waals surface area contributed by atoms with Crippen LogP contribution in [0, 0.1) is 0 Å². The van der Waals surface area contributed by atoms with Gasteiger partial charge in [0.15, 0.2) is 0 Å². The van der Waals surface area contributed by atoms with Crippen molar-refractivity contribution in [1.82, 2.24) is 14.9 Å². The Kier molecular flexibility index (Phi) is 7.07. The molecule has 2 aliphatic heterocycles. The average molecular weight is 476 g/mol. The van der Waals surface area contributed by atoms with Crippen LogP contribution in [0.3, 0.4) is 0 Å². The van der Waals surface area contributed by atoms with Crippen LogP contribution in [0.2, 0.25) is 0 Å². The van der Waals surface area contributed by atoms with Gasteiger partial charge in [0, 0.05) is 56.4 Å². The standard InChI is InChI=1S/C22H30BrN5O2/c1-3-16-12-19(26-22-24-14-17(23)15-25-22)21(29-2)13-20(16)28-6-4-18(5-7-28)27-8-10-30-11-9-27/h12-15,18H,3-11H2,1-2H3,(H,24,25,26). The highest BCUT2D eigenvalue weighted by atomic mass is 79.9. The van der Waals surface area contributed by atoms with Crippen molar-refractivity contribution >= 4 is 33.3 Å². The van der Waals surface area contributed by atoms with Crippen LogP contribution in [0.4, 0.5) is 17.3 Å². The molecule has 30 heavy (non-hydrogen) atoms. The molecule has 7 nitrogen and oxygen atoms in total. The molecule has 0 atom stereocenters. The number of halogens is 1. The van der Waals surface area contributed by atoms with Gasteiger partial charge in [0.05, 0.1) is 30.5 Å². The number of methoxy groups -OCH3 is 1. The summed E-state index contributed by atoms with van der Waals surface area (Å²) in [5.74, 6) is 1.36. The van der Waals surface area contributed by atoms with Crippen molar-refractivity contribution in [1.29, 1.82) is 0 Å². The number of aryl methyl sites for hydroxylation is 1. The molecule has 0 spiro atoms. The molecule has 2 aliphatic rings. The number of rotatable bonds is 6. The lowest BCUT2D eigenvalue weighted by Crippen LogP contribution is -2.49. The number of ether oxygens (including phenoxy) is 2. The summed E-state index contributed by atoms with van der Waals surface area (Å²) in [5.41, 5.74) is 3.47. The summed E-state index contributed by atoms with van der Waals surface area (Å²) in [5, 5.41) is 3.30. The molecule has 8 heteroatoms. The zero-order chi connectivity index (χ0) is 20.9. The van der Waals surface area contributed by atoms with Crippen LogP contribution in [0.15, 0.2) is 29.0 Å². The molecule has 0 amide bonds. The minimum Gasteiger partial charge on any atom is -0.494 e. The second kappa shape index (κ2) is 9.94. The van der Waals surface area contributed by atoms with E-state index in [1.54, 1.807) is 19.5 Å². The summed E-state index contributed by atoms with van der Waals surface area (Å²) in [4.78, 5) is 13.8. The number of anilines is 3. The van der Waals surface area contributed by atoms with Gasteiger partial charge in [-0.05, 0) is 46.8 Å². The number of piperidine rings is 1. The van der Waals surface area contributed by atoms with Gasteiger partial charge in [-0.3, -0.25) is 4.90 Å². The van der Waals surface area contributed by atoms with Gasteiger partial charge in [-0.15, -0.1) is 0 Å². The van der Waals surface area contributed by atoms with E-state index < -0.39 is 0 Å². The molecule has 2 fully saturated rings. The van der Waals surface area contributed by atoms with Gasteiger partial charge in [-0.25, -0.2) is 9.97 Å². The highest BCUT2D eigenvalue weighted by molar-refractivity contribution is 9.10. The van der Waals surface area contributed by atoms with Crippen molar-refractivity contribution in [2.24, 2.45) is 0 Å². The summed E-state index contributed by atoms with van der Waals surface area (Å²) in [7, 11) is 1.71. The maximum Gasteiger partial charge on any atom is 0.227 e. The van der Waals surface area contributed by atoms with Crippen molar-refractivity contribution in [2.45, 2.75) is 32.2 Å². The quantitative estimate of drug-likeness (QED) is 0.680. The summed E-state index contributed by atoms with van der Waals surface area (Å²) in [6.45, 7) is 8.21. The zero-order valence-corrected chi connectivity index (χ0v) is 19.3. The first-order valence-corrected chi connectivity index (χ1v) is 11.5. The normalized spacial score (nSPS) is 18.4. The molecular formula is C22H30BrN5O2. The highest BCUT2D eigenvalue weighted by Crippen LogP contribution is 2.36. The maximum absolute atomic E-state index is 5.71. The Hall–Kier alpha value is -1.90. The van der Waals surface area contributed by atoms with Crippen molar-refractivity contribution in [2.75, 3.05) is 56.7 Å². The largest absolute Gasteiger partial charge is 0.494 e. The Morgan fingerprint density at radius 1 is 1.13 bits per heavy atom. The van der Waals surface area contributed by atoms with E-state index in [1.807, 2.05) is 0 Å². The Balaban J connectivity index is 1.50. The van der Waals surface area contributed by atoms with E-state index in [4.69, 9.17) is 9.47 Å². The fraction of sp³-hybridized carbons (Fsp3) is 0.545. The van der Waals surface area contributed by atoms with Crippen LogP contribution in [0.5, 0.6) is 5.75 Å². The summed E-state index contributed by atoms with van der Waals surface area (Å²) >= 11 is 3.37. The molecule has 0 radical (unpaired) electrons. The van der Waals surface area contributed by atoms with Crippen molar-refractivity contribution < 1.29 is 9.47 Å². The fourth-order valence-corrected chi connectivity index (χ4v) is 4.57. The van der Waals surface area contributed by atoms with Crippen LogP contribution in [0.25, 0.3) is 0 Å². The Morgan fingerprint density at radius 3 is 2.47 bits per heavy atom. The van der Waals surface area contributed by atoms with E-state index >= 15 is 0 Å². The number of morpholine rings is 1. The third-order valence-electron chi connectivity index (χ3n) is 6.02. The van der Waals surface area contributed by atoms with Gasteiger partial charge in [-0.2, -0.15) is 0 Å². The Labute approximate surface area is 186 Å². The second-order valence-corrected chi connectivity index (χ2v) is 8.67. The van der Waals surface area contributed by atoms with Gasteiger partial charge in [0.1, 0.15) is 5.75 Å². The van der Waals surface area contributed by atoms with Crippen molar-refractivity contribution in [3.05, 3.63) is 34.6 Å². The van der Waals surface area contributed by atoms with Crippen LogP contribution in [-0.4, -0.2) is 67.4 Å². The van der Waals surface area contributed by atoms with E-state index in [2.05, 4.69) is 60.1 Å². The van der Waals surface area contributed by atoms with E-state index in [0.717, 1.165) is 61.7 Å². The molecule has 3 heterocycles. The summed E-state index contributed by atoms with van der Waals surface area (Å²) < 4.78 is 12.1. The lowest BCUT2D eigenvalue weighted by atomic mass is 10.00. The highest BCUT2D eigenvalue weighted by Gasteiger charge is 2.27. The van der Waals surface area contributed by atoms with Crippen LogP contribution < -0.4 is 15.0 Å². The average Bonchev–Trinajstić information content (AvgIpc) is 2.81. The van der Waals surface area contributed by atoms with E-state index in [0.29, 0.717) is 12.0 Å². The first kappa shape index (κ1) is 21.3. The van der Waals surface area contributed by atoms with E-state index in [1.165, 1.54) is 24.1 Å². The van der Waals surface area contributed by atoms with Crippen LogP contribution in [0.1, 0.15) is 25.3 Å². The van der Waals surface area contributed by atoms with Crippen molar-refractivity contribution in [3.8, 4) is 5.75 Å². The van der Waals surface area contributed by atoms with Gasteiger partial charge < -0.3 is 19.7 Å². The number of hydrogen-bond donors (Lipinski definition) is 1. The van der Waals surface area contributed by atoms with Gasteiger partial charge in [-0.1, -0.05) is 6.92 Å². The number of nitrogens with zero attached hydrogens (tertiary/aromatic N) is 4. The molecule has 0 bridgehead atoms. The summed E-state index contributed by atoms with van der Waals surface area (Å²) in [6, 6.07) is 5.01. The third-order valence-corrected chi connectivity index (χ3v) is 6.43. The molecular weight excluding hydrogens is 446 g/mol. The first-order valence-electron chi connectivity index (χ1n) is 10.7. The van der Waals surface area contributed by atoms with E-state index in [-0.39, 0.29) is 0 Å². The molecule has 0 unspecified atom stereocenters. The molecule has 0 saturated carbocycles. The lowest BCUT2D eigenvalue weighted by molar-refractivity contribution is 0.0115. The third kappa shape index (κ3) is 4.87.